The molecule has 4 atom stereocenters. The Morgan fingerprint density at radius 2 is 2.00 bits per heavy atom. The molecular formula is C22H28O4. The second-order valence-corrected chi connectivity index (χ2v) is 8.34. The summed E-state index contributed by atoms with van der Waals surface area (Å²) >= 11 is 0. The fourth-order valence-corrected chi connectivity index (χ4v) is 4.92. The summed E-state index contributed by atoms with van der Waals surface area (Å²) in [5.74, 6) is 1.33. The molecule has 1 aromatic rings. The summed E-state index contributed by atoms with van der Waals surface area (Å²) in [6.45, 7) is 6.69. The summed E-state index contributed by atoms with van der Waals surface area (Å²) in [7, 11) is 0. The topological polar surface area (TPSA) is 58.9 Å². The third-order valence-corrected chi connectivity index (χ3v) is 6.09. The third-order valence-electron chi connectivity index (χ3n) is 6.09. The Bertz CT molecular complexity index is 763. The lowest BCUT2D eigenvalue weighted by atomic mass is 9.72. The number of aromatic hydroxyl groups is 1. The molecule has 0 saturated heterocycles. The first kappa shape index (κ1) is 17.5. The van der Waals surface area contributed by atoms with Crippen LogP contribution in [0, 0.1) is 17.8 Å². The molecule has 4 nitrogen and oxygen atoms in total. The molecule has 2 aliphatic carbocycles. The number of hydrogen-bond acceptors (Lipinski definition) is 4. The summed E-state index contributed by atoms with van der Waals surface area (Å²) in [5, 5.41) is 21.1. The summed E-state index contributed by atoms with van der Waals surface area (Å²) < 4.78 is 13.3. The first-order chi connectivity index (χ1) is 12.4. The average Bonchev–Trinajstić information content (AvgIpc) is 2.70. The number of allylic oxidation sites excluding steroid dienone is 1. The van der Waals surface area contributed by atoms with Crippen LogP contribution in [-0.2, 0) is 4.74 Å². The Balaban J connectivity index is 1.90. The molecule has 0 radical (unpaired) electrons. The van der Waals surface area contributed by atoms with E-state index in [1.807, 2.05) is 12.1 Å². The van der Waals surface area contributed by atoms with Gasteiger partial charge in [0.05, 0.1) is 11.7 Å². The first-order valence-corrected chi connectivity index (χ1v) is 9.70. The van der Waals surface area contributed by atoms with E-state index >= 15 is 0 Å². The number of rotatable bonds is 1. The number of aliphatic hydroxyl groups excluding tert-OH is 1. The lowest BCUT2D eigenvalue weighted by Crippen LogP contribution is -2.53. The van der Waals surface area contributed by atoms with Crippen molar-refractivity contribution >= 4 is 5.57 Å². The fraction of sp³-hybridized carbons (Fsp3) is 0.545. The minimum Gasteiger partial charge on any atom is -0.508 e. The standard InChI is InChI=1S/C22H28O4/c1-13(2)15-11-10-14(3)12-22(15)25-18-8-4-6-16(23)20(18)21-17(24)7-5-9-19(21)26-22/h4-8,13-15,19,23-24H,9-12H2,1-3H3/t14-,15+,19-,22+/m0/s1. The number of phenols is 1. The zero-order valence-corrected chi connectivity index (χ0v) is 15.7. The van der Waals surface area contributed by atoms with Crippen LogP contribution >= 0.6 is 0 Å². The van der Waals surface area contributed by atoms with Gasteiger partial charge < -0.3 is 19.7 Å². The molecule has 0 aromatic heterocycles. The van der Waals surface area contributed by atoms with Gasteiger partial charge in [0.25, 0.3) is 0 Å². The zero-order chi connectivity index (χ0) is 18.5. The maximum absolute atomic E-state index is 10.6. The number of fused-ring (bicyclic) bond motifs is 3. The molecule has 1 fully saturated rings. The van der Waals surface area contributed by atoms with Crippen molar-refractivity contribution < 1.29 is 19.7 Å². The summed E-state index contributed by atoms with van der Waals surface area (Å²) in [4.78, 5) is 0. The van der Waals surface area contributed by atoms with Crippen molar-refractivity contribution in [2.45, 2.75) is 58.3 Å². The monoisotopic (exact) mass is 356 g/mol. The van der Waals surface area contributed by atoms with Gasteiger partial charge in [-0.1, -0.05) is 32.9 Å². The number of hydrogen-bond donors (Lipinski definition) is 2. The first-order valence-electron chi connectivity index (χ1n) is 9.70. The number of benzene rings is 1. The van der Waals surface area contributed by atoms with E-state index in [4.69, 9.17) is 9.47 Å². The average molecular weight is 356 g/mol. The largest absolute Gasteiger partial charge is 0.508 e. The van der Waals surface area contributed by atoms with Crippen LogP contribution in [0.5, 0.6) is 11.5 Å². The lowest BCUT2D eigenvalue weighted by Gasteiger charge is -2.47. The van der Waals surface area contributed by atoms with Gasteiger partial charge in [-0.2, -0.15) is 0 Å². The van der Waals surface area contributed by atoms with Crippen LogP contribution < -0.4 is 4.74 Å². The van der Waals surface area contributed by atoms with Crippen LogP contribution in [0.15, 0.2) is 36.1 Å². The van der Waals surface area contributed by atoms with Gasteiger partial charge in [-0.05, 0) is 49.3 Å². The van der Waals surface area contributed by atoms with Crippen molar-refractivity contribution in [3.8, 4) is 11.5 Å². The second-order valence-electron chi connectivity index (χ2n) is 8.34. The molecule has 0 amide bonds. The smallest absolute Gasteiger partial charge is 0.214 e. The van der Waals surface area contributed by atoms with Gasteiger partial charge >= 0.3 is 0 Å². The highest BCUT2D eigenvalue weighted by Crippen LogP contribution is 2.52. The van der Waals surface area contributed by atoms with E-state index in [1.165, 1.54) is 6.42 Å². The van der Waals surface area contributed by atoms with E-state index in [1.54, 1.807) is 18.2 Å². The highest BCUT2D eigenvalue weighted by Gasteiger charge is 2.52. The number of aliphatic hydroxyl groups is 1. The Morgan fingerprint density at radius 3 is 2.77 bits per heavy atom. The molecule has 2 N–H and O–H groups in total. The van der Waals surface area contributed by atoms with Crippen molar-refractivity contribution in [2.75, 3.05) is 0 Å². The molecule has 1 aliphatic heterocycles. The number of ether oxygens (including phenoxy) is 2. The highest BCUT2D eigenvalue weighted by atomic mass is 16.7. The third kappa shape index (κ3) is 2.71. The van der Waals surface area contributed by atoms with Crippen molar-refractivity contribution in [1.29, 1.82) is 0 Å². The molecular weight excluding hydrogens is 328 g/mol. The lowest BCUT2D eigenvalue weighted by molar-refractivity contribution is -0.258. The van der Waals surface area contributed by atoms with Crippen LogP contribution in [0.4, 0.5) is 0 Å². The Hall–Kier alpha value is -1.94. The van der Waals surface area contributed by atoms with Gasteiger partial charge in [-0.15, -0.1) is 0 Å². The quantitative estimate of drug-likeness (QED) is 0.727. The molecule has 26 heavy (non-hydrogen) atoms. The molecule has 4 heteroatoms. The molecule has 3 aliphatic rings. The van der Waals surface area contributed by atoms with Crippen LogP contribution in [0.2, 0.25) is 0 Å². The molecule has 140 valence electrons. The van der Waals surface area contributed by atoms with Crippen LogP contribution in [0.3, 0.4) is 0 Å². The minimum atomic E-state index is -0.730. The van der Waals surface area contributed by atoms with E-state index in [0.717, 1.165) is 12.8 Å². The second kappa shape index (κ2) is 6.34. The molecule has 0 bridgehead atoms. The van der Waals surface area contributed by atoms with Crippen LogP contribution in [-0.4, -0.2) is 22.1 Å². The van der Waals surface area contributed by atoms with E-state index in [-0.39, 0.29) is 23.5 Å². The van der Waals surface area contributed by atoms with Gasteiger partial charge in [0.1, 0.15) is 17.3 Å². The maximum atomic E-state index is 10.6. The normalized spacial score (nSPS) is 33.6. The van der Waals surface area contributed by atoms with Crippen molar-refractivity contribution in [3.63, 3.8) is 0 Å². The summed E-state index contributed by atoms with van der Waals surface area (Å²) in [6.07, 6.45) is 7.01. The fourth-order valence-electron chi connectivity index (χ4n) is 4.92. The van der Waals surface area contributed by atoms with Crippen LogP contribution in [0.25, 0.3) is 5.57 Å². The molecule has 1 saturated carbocycles. The Morgan fingerprint density at radius 1 is 1.19 bits per heavy atom. The Labute approximate surface area is 155 Å². The van der Waals surface area contributed by atoms with Gasteiger partial charge in [0.15, 0.2) is 0 Å². The van der Waals surface area contributed by atoms with Crippen molar-refractivity contribution in [2.24, 2.45) is 17.8 Å². The van der Waals surface area contributed by atoms with Gasteiger partial charge in [-0.3, -0.25) is 0 Å². The summed E-state index contributed by atoms with van der Waals surface area (Å²) in [6, 6.07) is 5.30. The SMILES string of the molecule is CC(C)[C@H]1CC[C@H](C)C[C@]12Oc1cccc(O)c1C1=C(O)C=CC[C@@H]1O2. The van der Waals surface area contributed by atoms with Crippen LogP contribution in [0.1, 0.15) is 52.0 Å². The predicted octanol–water partition coefficient (Wildman–Crippen LogP) is 5.19. The molecule has 1 spiro atoms. The van der Waals surface area contributed by atoms with Gasteiger partial charge in [0.2, 0.25) is 5.79 Å². The van der Waals surface area contributed by atoms with Gasteiger partial charge in [0, 0.05) is 17.9 Å². The zero-order valence-electron chi connectivity index (χ0n) is 15.7. The maximum Gasteiger partial charge on any atom is 0.214 e. The van der Waals surface area contributed by atoms with E-state index < -0.39 is 5.79 Å². The summed E-state index contributed by atoms with van der Waals surface area (Å²) in [5.41, 5.74) is 1.20. The van der Waals surface area contributed by atoms with E-state index in [2.05, 4.69) is 20.8 Å². The molecule has 0 unspecified atom stereocenters. The number of phenolic OH excluding ortho intramolecular Hbond substituents is 1. The molecule has 4 rings (SSSR count). The van der Waals surface area contributed by atoms with Crippen molar-refractivity contribution in [3.05, 3.63) is 41.7 Å². The molecule has 1 aromatic carbocycles. The van der Waals surface area contributed by atoms with E-state index in [0.29, 0.717) is 35.1 Å². The minimum absolute atomic E-state index is 0.120. The van der Waals surface area contributed by atoms with Crippen molar-refractivity contribution in [1.82, 2.24) is 0 Å². The highest BCUT2D eigenvalue weighted by molar-refractivity contribution is 5.81. The van der Waals surface area contributed by atoms with E-state index in [9.17, 15) is 10.2 Å². The molecule has 1 heterocycles. The van der Waals surface area contributed by atoms with Gasteiger partial charge in [-0.25, -0.2) is 0 Å². The predicted molar refractivity (Wildman–Crippen MR) is 101 cm³/mol. The Kier molecular flexibility index (Phi) is 4.26.